The number of nitrogens with zero attached hydrogens (tertiary/aromatic N) is 2. The van der Waals surface area contributed by atoms with Crippen molar-refractivity contribution < 1.29 is 9.53 Å². The average Bonchev–Trinajstić information content (AvgIpc) is 2.67. The van der Waals surface area contributed by atoms with Crippen LogP contribution in [0.4, 0.5) is 11.5 Å². The van der Waals surface area contributed by atoms with Crippen molar-refractivity contribution in [2.24, 2.45) is 0 Å². The SMILES string of the molecule is COc1ccc(CNC(=O)c2ccc(Nc3cccc(Cl)c3)nn2)cc1. The number of halogens is 1. The summed E-state index contributed by atoms with van der Waals surface area (Å²) in [6.45, 7) is 0.396. The maximum Gasteiger partial charge on any atom is 0.272 e. The van der Waals surface area contributed by atoms with Crippen LogP contribution in [0, 0.1) is 0 Å². The molecule has 26 heavy (non-hydrogen) atoms. The predicted octanol–water partition coefficient (Wildman–Crippen LogP) is 3.81. The molecule has 7 heteroatoms. The number of rotatable bonds is 6. The van der Waals surface area contributed by atoms with Gasteiger partial charge >= 0.3 is 0 Å². The van der Waals surface area contributed by atoms with Gasteiger partial charge in [-0.25, -0.2) is 0 Å². The van der Waals surface area contributed by atoms with E-state index in [1.165, 1.54) is 0 Å². The Morgan fingerprint density at radius 2 is 1.88 bits per heavy atom. The van der Waals surface area contributed by atoms with Gasteiger partial charge in [0.1, 0.15) is 5.75 Å². The van der Waals surface area contributed by atoms with Crippen molar-refractivity contribution in [3.63, 3.8) is 0 Å². The lowest BCUT2D eigenvalue weighted by molar-refractivity contribution is 0.0945. The number of benzene rings is 2. The number of hydrogen-bond acceptors (Lipinski definition) is 5. The van der Waals surface area contributed by atoms with Crippen molar-refractivity contribution in [2.75, 3.05) is 12.4 Å². The molecule has 2 N–H and O–H groups in total. The Labute approximate surface area is 156 Å². The maximum absolute atomic E-state index is 12.2. The fourth-order valence-electron chi connectivity index (χ4n) is 2.25. The molecule has 132 valence electrons. The molecule has 0 radical (unpaired) electrons. The maximum atomic E-state index is 12.2. The summed E-state index contributed by atoms with van der Waals surface area (Å²) in [4.78, 5) is 12.2. The van der Waals surface area contributed by atoms with E-state index in [9.17, 15) is 4.79 Å². The summed E-state index contributed by atoms with van der Waals surface area (Å²) in [7, 11) is 1.61. The number of carbonyl (C=O) groups excluding carboxylic acids is 1. The molecule has 0 aliphatic rings. The molecule has 0 atom stereocenters. The van der Waals surface area contributed by atoms with E-state index in [1.54, 1.807) is 31.4 Å². The Hall–Kier alpha value is -3.12. The van der Waals surface area contributed by atoms with E-state index in [0.29, 0.717) is 17.4 Å². The summed E-state index contributed by atoms with van der Waals surface area (Å²) in [5.41, 5.74) is 2.00. The molecular weight excluding hydrogens is 352 g/mol. The third-order valence-corrected chi connectivity index (χ3v) is 3.84. The number of carbonyl (C=O) groups is 1. The summed E-state index contributed by atoms with van der Waals surface area (Å²) in [6, 6.07) is 18.0. The summed E-state index contributed by atoms with van der Waals surface area (Å²) >= 11 is 5.94. The molecule has 0 spiro atoms. The van der Waals surface area contributed by atoms with Gasteiger partial charge in [-0.2, -0.15) is 0 Å². The Morgan fingerprint density at radius 1 is 1.08 bits per heavy atom. The minimum absolute atomic E-state index is 0.246. The largest absolute Gasteiger partial charge is 0.497 e. The second-order valence-electron chi connectivity index (χ2n) is 5.47. The molecule has 0 saturated carbocycles. The van der Waals surface area contributed by atoms with Crippen LogP contribution in [0.25, 0.3) is 0 Å². The number of methoxy groups -OCH3 is 1. The molecule has 1 heterocycles. The van der Waals surface area contributed by atoms with Crippen LogP contribution < -0.4 is 15.4 Å². The highest BCUT2D eigenvalue weighted by Gasteiger charge is 2.08. The van der Waals surface area contributed by atoms with E-state index in [-0.39, 0.29) is 11.6 Å². The van der Waals surface area contributed by atoms with Gasteiger partial charge in [-0.05, 0) is 48.0 Å². The standard InChI is InChI=1S/C19H17ClN4O2/c1-26-16-7-5-13(6-8-16)12-21-19(25)17-9-10-18(24-23-17)22-15-4-2-3-14(20)11-15/h2-11H,12H2,1H3,(H,21,25)(H,22,24). The molecule has 0 unspecified atom stereocenters. The third-order valence-electron chi connectivity index (χ3n) is 3.61. The molecule has 3 aromatic rings. The van der Waals surface area contributed by atoms with Crippen LogP contribution in [0.2, 0.25) is 5.02 Å². The highest BCUT2D eigenvalue weighted by atomic mass is 35.5. The molecule has 0 aliphatic carbocycles. The van der Waals surface area contributed by atoms with E-state index in [2.05, 4.69) is 20.8 Å². The van der Waals surface area contributed by atoms with Crippen LogP contribution in [0.5, 0.6) is 5.75 Å². The second kappa shape index (κ2) is 8.31. The first-order chi connectivity index (χ1) is 12.6. The summed E-state index contributed by atoms with van der Waals surface area (Å²) in [5.74, 6) is 1.01. The van der Waals surface area contributed by atoms with Crippen molar-refractivity contribution in [1.82, 2.24) is 15.5 Å². The molecule has 1 aromatic heterocycles. The zero-order valence-corrected chi connectivity index (χ0v) is 14.8. The lowest BCUT2D eigenvalue weighted by Crippen LogP contribution is -2.24. The number of ether oxygens (including phenoxy) is 1. The quantitative estimate of drug-likeness (QED) is 0.691. The first-order valence-corrected chi connectivity index (χ1v) is 8.29. The first-order valence-electron chi connectivity index (χ1n) is 7.91. The van der Waals surface area contributed by atoms with Crippen molar-refractivity contribution in [3.8, 4) is 5.75 Å². The van der Waals surface area contributed by atoms with Crippen LogP contribution in [0.1, 0.15) is 16.1 Å². The van der Waals surface area contributed by atoms with Crippen LogP contribution >= 0.6 is 11.6 Å². The molecule has 0 saturated heterocycles. The Morgan fingerprint density at radius 3 is 2.54 bits per heavy atom. The number of hydrogen-bond donors (Lipinski definition) is 2. The highest BCUT2D eigenvalue weighted by Crippen LogP contribution is 2.18. The number of aromatic nitrogens is 2. The Bertz CT molecular complexity index is 883. The van der Waals surface area contributed by atoms with Gasteiger partial charge in [0.25, 0.3) is 5.91 Å². The molecule has 2 aromatic carbocycles. The lowest BCUT2D eigenvalue weighted by Gasteiger charge is -2.07. The van der Waals surface area contributed by atoms with Crippen molar-refractivity contribution in [3.05, 3.63) is 76.9 Å². The Balaban J connectivity index is 1.57. The molecule has 6 nitrogen and oxygen atoms in total. The zero-order valence-electron chi connectivity index (χ0n) is 14.1. The smallest absolute Gasteiger partial charge is 0.272 e. The predicted molar refractivity (Wildman–Crippen MR) is 101 cm³/mol. The van der Waals surface area contributed by atoms with E-state index < -0.39 is 0 Å². The lowest BCUT2D eigenvalue weighted by atomic mass is 10.2. The summed E-state index contributed by atoms with van der Waals surface area (Å²) in [5, 5.41) is 14.5. The fraction of sp³-hybridized carbons (Fsp3) is 0.105. The molecule has 0 aliphatic heterocycles. The minimum Gasteiger partial charge on any atom is -0.497 e. The highest BCUT2D eigenvalue weighted by molar-refractivity contribution is 6.30. The van der Waals surface area contributed by atoms with Crippen LogP contribution in [-0.4, -0.2) is 23.2 Å². The van der Waals surface area contributed by atoms with E-state index in [1.807, 2.05) is 36.4 Å². The minimum atomic E-state index is -0.289. The van der Waals surface area contributed by atoms with Gasteiger partial charge in [0.2, 0.25) is 0 Å². The molecule has 1 amide bonds. The van der Waals surface area contributed by atoms with Crippen LogP contribution in [-0.2, 0) is 6.54 Å². The number of nitrogens with one attached hydrogen (secondary N) is 2. The second-order valence-corrected chi connectivity index (χ2v) is 5.91. The number of amides is 1. The molecule has 3 rings (SSSR count). The van der Waals surface area contributed by atoms with E-state index in [4.69, 9.17) is 16.3 Å². The van der Waals surface area contributed by atoms with Crippen molar-refractivity contribution >= 4 is 29.0 Å². The molecule has 0 bridgehead atoms. The first kappa shape index (κ1) is 17.7. The van der Waals surface area contributed by atoms with Gasteiger partial charge in [0.15, 0.2) is 11.5 Å². The monoisotopic (exact) mass is 368 g/mol. The van der Waals surface area contributed by atoms with Gasteiger partial charge in [-0.1, -0.05) is 29.8 Å². The third kappa shape index (κ3) is 4.70. The molecule has 0 fully saturated rings. The summed E-state index contributed by atoms with van der Waals surface area (Å²) in [6.07, 6.45) is 0. The number of anilines is 2. The molecular formula is C19H17ClN4O2. The normalized spacial score (nSPS) is 10.2. The fourth-order valence-corrected chi connectivity index (χ4v) is 2.44. The van der Waals surface area contributed by atoms with Crippen molar-refractivity contribution in [2.45, 2.75) is 6.54 Å². The van der Waals surface area contributed by atoms with E-state index >= 15 is 0 Å². The van der Waals surface area contributed by atoms with Gasteiger partial charge in [0.05, 0.1) is 7.11 Å². The van der Waals surface area contributed by atoms with Gasteiger partial charge in [0, 0.05) is 17.3 Å². The van der Waals surface area contributed by atoms with Crippen LogP contribution in [0.15, 0.2) is 60.7 Å². The summed E-state index contributed by atoms with van der Waals surface area (Å²) < 4.78 is 5.11. The zero-order chi connectivity index (χ0) is 18.4. The van der Waals surface area contributed by atoms with Crippen molar-refractivity contribution in [1.29, 1.82) is 0 Å². The Kier molecular flexibility index (Phi) is 5.66. The van der Waals surface area contributed by atoms with E-state index in [0.717, 1.165) is 17.0 Å². The van der Waals surface area contributed by atoms with Crippen LogP contribution in [0.3, 0.4) is 0 Å². The van der Waals surface area contributed by atoms with Gasteiger partial charge in [-0.15, -0.1) is 10.2 Å². The average molecular weight is 369 g/mol. The van der Waals surface area contributed by atoms with Gasteiger partial charge in [-0.3, -0.25) is 4.79 Å². The van der Waals surface area contributed by atoms with Gasteiger partial charge < -0.3 is 15.4 Å². The topological polar surface area (TPSA) is 76.1 Å².